The first kappa shape index (κ1) is 12.5. The molecular formula is C12H14FN3O2. The molecule has 0 radical (unpaired) electrons. The topological polar surface area (TPSA) is 78.0 Å². The van der Waals surface area contributed by atoms with Crippen LogP contribution in [0.4, 0.5) is 4.39 Å². The lowest BCUT2D eigenvalue weighted by Gasteiger charge is -2.07. The molecule has 1 aromatic carbocycles. The minimum Gasteiger partial charge on any atom is -0.393 e. The van der Waals surface area contributed by atoms with E-state index in [1.807, 2.05) is 0 Å². The highest BCUT2D eigenvalue weighted by atomic mass is 19.1. The van der Waals surface area contributed by atoms with Crippen LogP contribution in [0.15, 0.2) is 18.5 Å². The second kappa shape index (κ2) is 5.14. The molecule has 2 aromatic rings. The first-order valence-corrected chi connectivity index (χ1v) is 5.67. The Labute approximate surface area is 103 Å². The lowest BCUT2D eigenvalue weighted by Crippen LogP contribution is -2.26. The Bertz CT molecular complexity index is 565. The van der Waals surface area contributed by atoms with E-state index < -0.39 is 17.8 Å². The predicted molar refractivity (Wildman–Crippen MR) is 64.7 cm³/mol. The number of hydrogen-bond donors (Lipinski definition) is 3. The van der Waals surface area contributed by atoms with Crippen molar-refractivity contribution in [2.75, 3.05) is 6.54 Å². The van der Waals surface area contributed by atoms with E-state index in [0.717, 1.165) is 6.07 Å². The quantitative estimate of drug-likeness (QED) is 0.764. The molecule has 0 fully saturated rings. The van der Waals surface area contributed by atoms with Crippen molar-refractivity contribution >= 4 is 16.9 Å². The molecule has 2 rings (SSSR count). The van der Waals surface area contributed by atoms with Crippen LogP contribution in [0.5, 0.6) is 0 Å². The Morgan fingerprint density at radius 1 is 1.61 bits per heavy atom. The number of hydrogen-bond acceptors (Lipinski definition) is 3. The van der Waals surface area contributed by atoms with Crippen LogP contribution in [0, 0.1) is 5.82 Å². The van der Waals surface area contributed by atoms with E-state index in [1.165, 1.54) is 12.4 Å². The minimum atomic E-state index is -0.493. The molecule has 5 nitrogen and oxygen atoms in total. The number of amides is 1. The number of aromatic amines is 1. The van der Waals surface area contributed by atoms with Crippen LogP contribution in [-0.2, 0) is 0 Å². The summed E-state index contributed by atoms with van der Waals surface area (Å²) in [5, 5.41) is 11.7. The number of aliphatic hydroxyl groups is 1. The Hall–Kier alpha value is -1.95. The van der Waals surface area contributed by atoms with E-state index in [-0.39, 0.29) is 5.56 Å². The van der Waals surface area contributed by atoms with Gasteiger partial charge >= 0.3 is 0 Å². The molecule has 1 aromatic heterocycles. The van der Waals surface area contributed by atoms with Crippen LogP contribution in [-0.4, -0.2) is 33.6 Å². The molecule has 0 aliphatic heterocycles. The third kappa shape index (κ3) is 2.65. The van der Waals surface area contributed by atoms with Crippen molar-refractivity contribution in [3.8, 4) is 0 Å². The van der Waals surface area contributed by atoms with Crippen LogP contribution < -0.4 is 5.32 Å². The van der Waals surface area contributed by atoms with Crippen molar-refractivity contribution in [1.82, 2.24) is 15.3 Å². The van der Waals surface area contributed by atoms with Crippen molar-refractivity contribution in [2.24, 2.45) is 0 Å². The van der Waals surface area contributed by atoms with E-state index >= 15 is 0 Å². The molecule has 0 aliphatic rings. The third-order valence-corrected chi connectivity index (χ3v) is 2.58. The Morgan fingerprint density at radius 3 is 3.11 bits per heavy atom. The number of nitrogens with one attached hydrogen (secondary N) is 2. The predicted octanol–water partition coefficient (Wildman–Crippen LogP) is 1.20. The van der Waals surface area contributed by atoms with Crippen molar-refractivity contribution in [3.63, 3.8) is 0 Å². The maximum atomic E-state index is 13.3. The van der Waals surface area contributed by atoms with Gasteiger partial charge in [-0.3, -0.25) is 4.79 Å². The highest BCUT2D eigenvalue weighted by Crippen LogP contribution is 2.17. The van der Waals surface area contributed by atoms with E-state index in [9.17, 15) is 9.18 Å². The normalized spacial score (nSPS) is 12.6. The van der Waals surface area contributed by atoms with Gasteiger partial charge in [0.25, 0.3) is 5.91 Å². The lowest BCUT2D eigenvalue weighted by atomic mass is 10.1. The van der Waals surface area contributed by atoms with Gasteiger partial charge in [0.1, 0.15) is 11.3 Å². The van der Waals surface area contributed by atoms with Gasteiger partial charge in [0, 0.05) is 6.54 Å². The monoisotopic (exact) mass is 251 g/mol. The number of rotatable bonds is 4. The average Bonchev–Trinajstić information content (AvgIpc) is 2.74. The molecule has 1 heterocycles. The molecule has 1 atom stereocenters. The van der Waals surface area contributed by atoms with E-state index in [4.69, 9.17) is 5.11 Å². The average molecular weight is 251 g/mol. The maximum Gasteiger partial charge on any atom is 0.253 e. The van der Waals surface area contributed by atoms with E-state index in [0.29, 0.717) is 24.0 Å². The number of aromatic nitrogens is 2. The highest BCUT2D eigenvalue weighted by Gasteiger charge is 2.13. The summed E-state index contributed by atoms with van der Waals surface area (Å²) in [6.07, 6.45) is 1.38. The summed E-state index contributed by atoms with van der Waals surface area (Å²) in [7, 11) is 0. The van der Waals surface area contributed by atoms with Crippen molar-refractivity contribution in [1.29, 1.82) is 0 Å². The summed E-state index contributed by atoms with van der Waals surface area (Å²) in [6, 6.07) is 2.44. The van der Waals surface area contributed by atoms with Crippen LogP contribution in [0.1, 0.15) is 23.7 Å². The molecule has 96 valence electrons. The second-order valence-corrected chi connectivity index (χ2v) is 4.15. The van der Waals surface area contributed by atoms with Crippen molar-refractivity contribution < 1.29 is 14.3 Å². The molecule has 1 amide bonds. The SMILES string of the molecule is CC(O)CCNC(=O)c1cc(F)cc2[nH]cnc12. The van der Waals surface area contributed by atoms with Gasteiger partial charge in [0.05, 0.1) is 23.5 Å². The maximum absolute atomic E-state index is 13.3. The summed E-state index contributed by atoms with van der Waals surface area (Å²) in [5.74, 6) is -0.889. The minimum absolute atomic E-state index is 0.192. The number of carbonyl (C=O) groups excluding carboxylic acids is 1. The fourth-order valence-electron chi connectivity index (χ4n) is 1.68. The van der Waals surface area contributed by atoms with Gasteiger partial charge in [0.2, 0.25) is 0 Å². The molecule has 6 heteroatoms. The Kier molecular flexibility index (Phi) is 3.57. The smallest absolute Gasteiger partial charge is 0.253 e. The Balaban J connectivity index is 2.19. The summed E-state index contributed by atoms with van der Waals surface area (Å²) in [6.45, 7) is 1.97. The zero-order valence-corrected chi connectivity index (χ0v) is 9.90. The van der Waals surface area contributed by atoms with Crippen LogP contribution >= 0.6 is 0 Å². The van der Waals surface area contributed by atoms with Gasteiger partial charge in [-0.1, -0.05) is 0 Å². The van der Waals surface area contributed by atoms with E-state index in [2.05, 4.69) is 15.3 Å². The van der Waals surface area contributed by atoms with Crippen LogP contribution in [0.2, 0.25) is 0 Å². The fraction of sp³-hybridized carbons (Fsp3) is 0.333. The number of carbonyl (C=O) groups is 1. The Morgan fingerprint density at radius 2 is 2.39 bits per heavy atom. The summed E-state index contributed by atoms with van der Waals surface area (Å²) in [5.41, 5.74) is 1.11. The molecule has 1 unspecified atom stereocenters. The fourth-order valence-corrected chi connectivity index (χ4v) is 1.68. The van der Waals surface area contributed by atoms with Gasteiger partial charge in [-0.15, -0.1) is 0 Å². The van der Waals surface area contributed by atoms with Crippen molar-refractivity contribution in [3.05, 3.63) is 29.8 Å². The van der Waals surface area contributed by atoms with Gasteiger partial charge in [-0.25, -0.2) is 9.37 Å². The molecule has 0 bridgehead atoms. The molecule has 3 N–H and O–H groups in total. The number of halogens is 1. The lowest BCUT2D eigenvalue weighted by molar-refractivity contribution is 0.0946. The van der Waals surface area contributed by atoms with Gasteiger partial charge in [0.15, 0.2) is 0 Å². The van der Waals surface area contributed by atoms with Crippen LogP contribution in [0.25, 0.3) is 11.0 Å². The molecule has 18 heavy (non-hydrogen) atoms. The summed E-state index contributed by atoms with van der Waals surface area (Å²) < 4.78 is 13.3. The first-order valence-electron chi connectivity index (χ1n) is 5.67. The third-order valence-electron chi connectivity index (χ3n) is 2.58. The molecule has 0 spiro atoms. The standard InChI is InChI=1S/C12H14FN3O2/c1-7(17)2-3-14-12(18)9-4-8(13)5-10-11(9)16-6-15-10/h4-7,17H,2-3H2,1H3,(H,14,18)(H,15,16). The zero-order valence-electron chi connectivity index (χ0n) is 9.90. The number of H-pyrrole nitrogens is 1. The highest BCUT2D eigenvalue weighted by molar-refractivity contribution is 6.04. The molecule has 0 saturated carbocycles. The van der Waals surface area contributed by atoms with Gasteiger partial charge in [-0.2, -0.15) is 0 Å². The number of imidazole rings is 1. The van der Waals surface area contributed by atoms with E-state index in [1.54, 1.807) is 6.92 Å². The van der Waals surface area contributed by atoms with Crippen LogP contribution in [0.3, 0.4) is 0 Å². The van der Waals surface area contributed by atoms with Crippen molar-refractivity contribution in [2.45, 2.75) is 19.4 Å². The molecular weight excluding hydrogens is 237 g/mol. The summed E-state index contributed by atoms with van der Waals surface area (Å²) >= 11 is 0. The number of nitrogens with zero attached hydrogens (tertiary/aromatic N) is 1. The first-order chi connectivity index (χ1) is 8.58. The zero-order chi connectivity index (χ0) is 13.1. The van der Waals surface area contributed by atoms with Gasteiger partial charge in [-0.05, 0) is 25.5 Å². The molecule has 0 saturated heterocycles. The van der Waals surface area contributed by atoms with Gasteiger partial charge < -0.3 is 15.4 Å². The second-order valence-electron chi connectivity index (χ2n) is 4.15. The number of fused-ring (bicyclic) bond motifs is 1. The molecule has 0 aliphatic carbocycles. The number of benzene rings is 1. The largest absolute Gasteiger partial charge is 0.393 e. The summed E-state index contributed by atoms with van der Waals surface area (Å²) in [4.78, 5) is 18.6. The number of aliphatic hydroxyl groups excluding tert-OH is 1.